The lowest BCUT2D eigenvalue weighted by Crippen LogP contribution is -2.79. The van der Waals surface area contributed by atoms with Crippen molar-refractivity contribution in [1.29, 1.82) is 0 Å². The monoisotopic (exact) mass is 192 g/mol. The third kappa shape index (κ3) is 2.74. The van der Waals surface area contributed by atoms with E-state index in [1.54, 1.807) is 10.2 Å². The van der Waals surface area contributed by atoms with Crippen LogP contribution in [0.4, 0.5) is 0 Å². The largest absolute Gasteiger partial charge is 0.164 e. The highest BCUT2D eigenvalue weighted by molar-refractivity contribution is 4.41. The Bertz CT molecular complexity index is 116. The lowest BCUT2D eigenvalue weighted by atomic mass is 11.1. The Labute approximate surface area is 73.4 Å². The van der Waals surface area contributed by atoms with Crippen LogP contribution in [0.25, 0.3) is 0 Å². The molecule has 76 valence electrons. The zero-order valence-electron chi connectivity index (χ0n) is 6.60. The van der Waals surface area contributed by atoms with Gasteiger partial charge in [0.15, 0.2) is 0 Å². The van der Waals surface area contributed by atoms with E-state index >= 15 is 0 Å². The van der Waals surface area contributed by atoms with Crippen molar-refractivity contribution in [1.82, 2.24) is 65.6 Å². The van der Waals surface area contributed by atoms with Crippen LogP contribution in [0.3, 0.4) is 0 Å². The topological polar surface area (TPSA) is 127 Å². The van der Waals surface area contributed by atoms with E-state index in [9.17, 15) is 0 Å². The Kier molecular flexibility index (Phi) is 3.27. The zero-order chi connectivity index (χ0) is 8.93. The van der Waals surface area contributed by atoms with Crippen molar-refractivity contribution >= 4 is 0 Å². The highest BCUT2D eigenvalue weighted by Gasteiger charge is 2.13. The first-order chi connectivity index (χ1) is 6.45. The lowest BCUT2D eigenvalue weighted by Gasteiger charge is -2.35. The predicted octanol–water partition coefficient (Wildman–Crippen LogP) is -5.55. The van der Waals surface area contributed by atoms with E-state index in [0.29, 0.717) is 6.67 Å². The molecule has 12 nitrogen and oxygen atoms in total. The molecule has 12 heteroatoms. The SMILES string of the molecule is C(N1NNNNN1)N1NNNNN1. The Morgan fingerprint density at radius 2 is 0.923 bits per heavy atom. The molecule has 0 aromatic rings. The van der Waals surface area contributed by atoms with Gasteiger partial charge in [0.2, 0.25) is 0 Å². The first-order valence-electron chi connectivity index (χ1n) is 3.53. The van der Waals surface area contributed by atoms with E-state index in [-0.39, 0.29) is 0 Å². The van der Waals surface area contributed by atoms with Crippen molar-refractivity contribution in [2.75, 3.05) is 6.67 Å². The molecule has 0 aromatic carbocycles. The molecule has 2 heterocycles. The first kappa shape index (κ1) is 9.09. The molecule has 2 aliphatic heterocycles. The number of hydrogen-bond donors (Lipinski definition) is 10. The minimum atomic E-state index is 0.476. The van der Waals surface area contributed by atoms with Gasteiger partial charge in [0.05, 0.1) is 0 Å². The summed E-state index contributed by atoms with van der Waals surface area (Å²) in [6, 6.07) is 0. The summed E-state index contributed by atoms with van der Waals surface area (Å²) >= 11 is 0. The van der Waals surface area contributed by atoms with Crippen LogP contribution in [0.2, 0.25) is 0 Å². The molecule has 2 aliphatic rings. The fourth-order valence-electron chi connectivity index (χ4n) is 0.783. The molecule has 0 saturated carbocycles. The number of nitrogens with zero attached hydrogens (tertiary/aromatic N) is 2. The van der Waals surface area contributed by atoms with Gasteiger partial charge < -0.3 is 0 Å². The van der Waals surface area contributed by atoms with Crippen molar-refractivity contribution in [3.05, 3.63) is 0 Å². The summed E-state index contributed by atoms with van der Waals surface area (Å²) in [5.74, 6) is 0. The van der Waals surface area contributed by atoms with Crippen molar-refractivity contribution in [3.63, 3.8) is 0 Å². The third-order valence-electron chi connectivity index (χ3n) is 1.30. The fraction of sp³-hybridized carbons (Fsp3) is 1.00. The Morgan fingerprint density at radius 1 is 0.538 bits per heavy atom. The Morgan fingerprint density at radius 3 is 1.31 bits per heavy atom. The average Bonchev–Trinajstić information content (AvgIpc) is 2.21. The molecule has 0 aromatic heterocycles. The number of nitrogens with one attached hydrogen (secondary N) is 10. The lowest BCUT2D eigenvalue weighted by molar-refractivity contribution is -0.117. The molecule has 0 aliphatic carbocycles. The van der Waals surface area contributed by atoms with Gasteiger partial charge in [-0.05, 0) is 0 Å². The van der Waals surface area contributed by atoms with E-state index in [0.717, 1.165) is 0 Å². The van der Waals surface area contributed by atoms with E-state index in [2.05, 4.69) is 55.3 Å². The summed E-state index contributed by atoms with van der Waals surface area (Å²) in [5.41, 5.74) is 26.8. The van der Waals surface area contributed by atoms with Crippen LogP contribution < -0.4 is 55.3 Å². The van der Waals surface area contributed by atoms with Gasteiger partial charge in [-0.15, -0.1) is 10.2 Å². The molecule has 10 N–H and O–H groups in total. The molecule has 2 fully saturated rings. The van der Waals surface area contributed by atoms with Gasteiger partial charge in [-0.1, -0.05) is 0 Å². The maximum Gasteiger partial charge on any atom is 0.115 e. The molecule has 0 spiro atoms. The molecule has 0 atom stereocenters. The first-order valence-corrected chi connectivity index (χ1v) is 3.53. The summed E-state index contributed by atoms with van der Waals surface area (Å²) in [6.45, 7) is 0.476. The van der Waals surface area contributed by atoms with Crippen LogP contribution in [0.15, 0.2) is 0 Å². The van der Waals surface area contributed by atoms with Gasteiger partial charge in [0.1, 0.15) is 6.67 Å². The van der Waals surface area contributed by atoms with E-state index in [1.807, 2.05) is 0 Å². The van der Waals surface area contributed by atoms with Crippen LogP contribution in [-0.4, -0.2) is 16.9 Å². The summed E-state index contributed by atoms with van der Waals surface area (Å²) in [6.07, 6.45) is 0. The van der Waals surface area contributed by atoms with Crippen molar-refractivity contribution in [3.8, 4) is 0 Å². The van der Waals surface area contributed by atoms with Gasteiger partial charge in [0.25, 0.3) is 0 Å². The minimum Gasteiger partial charge on any atom is -0.164 e. The average molecular weight is 192 g/mol. The summed E-state index contributed by atoms with van der Waals surface area (Å²) in [5, 5.41) is 3.23. The second-order valence-corrected chi connectivity index (χ2v) is 2.19. The summed E-state index contributed by atoms with van der Waals surface area (Å²) < 4.78 is 0. The van der Waals surface area contributed by atoms with Crippen LogP contribution in [0, 0.1) is 0 Å². The Hall–Kier alpha value is -0.480. The van der Waals surface area contributed by atoms with Gasteiger partial charge in [-0.3, -0.25) is 0 Å². The molecular weight excluding hydrogens is 180 g/mol. The summed E-state index contributed by atoms with van der Waals surface area (Å²) in [7, 11) is 0. The van der Waals surface area contributed by atoms with Crippen LogP contribution >= 0.6 is 0 Å². The van der Waals surface area contributed by atoms with E-state index < -0.39 is 0 Å². The predicted molar refractivity (Wildman–Crippen MR) is 39.9 cm³/mol. The number of hydrogen-bond acceptors (Lipinski definition) is 12. The van der Waals surface area contributed by atoms with Crippen LogP contribution in [0.5, 0.6) is 0 Å². The van der Waals surface area contributed by atoms with Gasteiger partial charge >= 0.3 is 0 Å². The summed E-state index contributed by atoms with van der Waals surface area (Å²) in [4.78, 5) is 0. The minimum absolute atomic E-state index is 0.476. The smallest absolute Gasteiger partial charge is 0.115 e. The normalized spacial score (nSPS) is 27.7. The van der Waals surface area contributed by atoms with Gasteiger partial charge in [0, 0.05) is 0 Å². The van der Waals surface area contributed by atoms with Crippen molar-refractivity contribution < 1.29 is 0 Å². The van der Waals surface area contributed by atoms with E-state index in [4.69, 9.17) is 0 Å². The maximum atomic E-state index is 2.77. The zero-order valence-corrected chi connectivity index (χ0v) is 6.60. The van der Waals surface area contributed by atoms with Gasteiger partial charge in [-0.25, -0.2) is 0 Å². The third-order valence-corrected chi connectivity index (χ3v) is 1.30. The van der Waals surface area contributed by atoms with Crippen molar-refractivity contribution in [2.45, 2.75) is 0 Å². The van der Waals surface area contributed by atoms with E-state index in [1.165, 1.54) is 0 Å². The van der Waals surface area contributed by atoms with Gasteiger partial charge in [-0.2, -0.15) is 55.3 Å². The molecule has 0 amide bonds. The van der Waals surface area contributed by atoms with Crippen LogP contribution in [0.1, 0.15) is 0 Å². The molecule has 0 unspecified atom stereocenters. The number of hydrazine groups is 12. The molecule has 13 heavy (non-hydrogen) atoms. The molecule has 0 bridgehead atoms. The standard InChI is InChI=1S/CH12N12/c1(12-8-4-2-5-9-12)13-10-6-3-7-11-13/h2-11H,1H2. The second kappa shape index (κ2) is 4.67. The highest BCUT2D eigenvalue weighted by Crippen LogP contribution is 1.77. The van der Waals surface area contributed by atoms with Crippen LogP contribution in [-0.2, 0) is 0 Å². The van der Waals surface area contributed by atoms with Crippen molar-refractivity contribution in [2.24, 2.45) is 0 Å². The second-order valence-electron chi connectivity index (χ2n) is 2.19. The molecular formula is CH12N12. The molecule has 2 rings (SSSR count). The number of rotatable bonds is 2. The Balaban J connectivity index is 1.69. The molecule has 2 saturated heterocycles. The highest BCUT2D eigenvalue weighted by atomic mass is 16.1. The maximum absolute atomic E-state index is 2.77. The quantitative estimate of drug-likeness (QED) is 0.205. The fourth-order valence-corrected chi connectivity index (χ4v) is 0.783. The molecule has 0 radical (unpaired) electrons.